The minimum atomic E-state index is -4.61. The van der Waals surface area contributed by atoms with Gasteiger partial charge in [-0.3, -0.25) is 4.79 Å². The van der Waals surface area contributed by atoms with Gasteiger partial charge in [-0.2, -0.15) is 13.2 Å². The number of hydrogen-bond donors (Lipinski definition) is 1. The third-order valence-electron chi connectivity index (χ3n) is 7.14. The van der Waals surface area contributed by atoms with Crippen LogP contribution in [0.3, 0.4) is 0 Å². The summed E-state index contributed by atoms with van der Waals surface area (Å²) in [5.41, 5.74) is -0.888. The van der Waals surface area contributed by atoms with Crippen LogP contribution < -0.4 is 10.1 Å². The third-order valence-corrected chi connectivity index (χ3v) is 8.13. The quantitative estimate of drug-likeness (QED) is 0.644. The lowest BCUT2D eigenvalue weighted by atomic mass is 9.62. The van der Waals surface area contributed by atoms with Gasteiger partial charge in [0.1, 0.15) is 12.2 Å². The maximum Gasteiger partial charge on any atom is 0.418 e. The fourth-order valence-corrected chi connectivity index (χ4v) is 6.16. The van der Waals surface area contributed by atoms with Gasteiger partial charge >= 0.3 is 12.3 Å². The highest BCUT2D eigenvalue weighted by Gasteiger charge is 2.55. The van der Waals surface area contributed by atoms with E-state index >= 15 is 0 Å². The van der Waals surface area contributed by atoms with Crippen LogP contribution in [0, 0.1) is 18.3 Å². The lowest BCUT2D eigenvalue weighted by molar-refractivity contribution is -0.137. The van der Waals surface area contributed by atoms with Crippen LogP contribution >= 0.6 is 11.3 Å². The summed E-state index contributed by atoms with van der Waals surface area (Å²) in [6, 6.07) is 0. The van der Waals surface area contributed by atoms with Gasteiger partial charge in [0, 0.05) is 36.5 Å². The Bertz CT molecular complexity index is 1150. The summed E-state index contributed by atoms with van der Waals surface area (Å²) in [5.74, 6) is -0.124. The van der Waals surface area contributed by atoms with Gasteiger partial charge in [-0.05, 0) is 45.4 Å². The number of carbonyl (C=O) groups is 2. The number of fused-ring (bicyclic) bond motifs is 1. The Balaban J connectivity index is 1.28. The van der Waals surface area contributed by atoms with Crippen molar-refractivity contribution in [3.05, 3.63) is 22.1 Å². The summed E-state index contributed by atoms with van der Waals surface area (Å²) in [6.45, 7) is 4.39. The van der Waals surface area contributed by atoms with Crippen molar-refractivity contribution >= 4 is 33.6 Å². The summed E-state index contributed by atoms with van der Waals surface area (Å²) < 4.78 is 53.1. The SMILES string of the molecule is CNC(=O)c1csc2c(C(F)(F)F)c(C)c(OC3CC4(C3)CN(C(=O)O[C@@H](C)C3CC3)C4)nc12. The summed E-state index contributed by atoms with van der Waals surface area (Å²) in [7, 11) is 1.42. The fraction of sp³-hybridized carbons (Fsp3) is 0.609. The monoisotopic (exact) mass is 497 g/mol. The predicted molar refractivity (Wildman–Crippen MR) is 119 cm³/mol. The number of likely N-dealkylation sites (tertiary alicyclic amines) is 1. The van der Waals surface area contributed by atoms with Crippen LogP contribution in [0.1, 0.15) is 54.1 Å². The molecule has 11 heteroatoms. The Morgan fingerprint density at radius 2 is 1.97 bits per heavy atom. The van der Waals surface area contributed by atoms with Gasteiger partial charge in [-0.15, -0.1) is 11.3 Å². The second-order valence-electron chi connectivity index (χ2n) is 9.75. The Morgan fingerprint density at radius 3 is 2.56 bits per heavy atom. The van der Waals surface area contributed by atoms with Crippen LogP contribution in [-0.2, 0) is 10.9 Å². The molecule has 1 aliphatic heterocycles. The van der Waals surface area contributed by atoms with Gasteiger partial charge in [0.15, 0.2) is 0 Å². The van der Waals surface area contributed by atoms with E-state index in [9.17, 15) is 22.8 Å². The topological polar surface area (TPSA) is 80.8 Å². The molecule has 3 aliphatic rings. The molecule has 3 fully saturated rings. The summed E-state index contributed by atoms with van der Waals surface area (Å²) in [4.78, 5) is 30.4. The molecule has 0 aromatic carbocycles. The molecule has 2 aliphatic carbocycles. The molecule has 1 N–H and O–H groups in total. The standard InChI is InChI=1S/C23H26F3N3O4S/c1-11-16(23(24,25)26)18-17(15(8-34-18)19(30)27-3)28-20(11)33-14-6-22(7-14)9-29(10-22)21(31)32-12(2)13-4-5-13/h8,12-14H,4-7,9-10H2,1-3H3,(H,27,30)/t12-/m0/s1. The largest absolute Gasteiger partial charge is 0.474 e. The summed E-state index contributed by atoms with van der Waals surface area (Å²) in [5, 5.41) is 3.83. The number of rotatable bonds is 5. The normalized spacial score (nSPS) is 20.6. The molecule has 1 saturated heterocycles. The molecule has 3 heterocycles. The lowest BCUT2D eigenvalue weighted by Gasteiger charge is -2.57. The highest BCUT2D eigenvalue weighted by molar-refractivity contribution is 7.17. The molecular formula is C23H26F3N3O4S. The van der Waals surface area contributed by atoms with Gasteiger partial charge in [0.05, 0.1) is 21.3 Å². The molecular weight excluding hydrogens is 471 g/mol. The summed E-state index contributed by atoms with van der Waals surface area (Å²) >= 11 is 0.849. The Kier molecular flexibility index (Phi) is 5.46. The van der Waals surface area contributed by atoms with Crippen molar-refractivity contribution in [3.8, 4) is 5.88 Å². The van der Waals surface area contributed by atoms with Crippen molar-refractivity contribution in [1.82, 2.24) is 15.2 Å². The van der Waals surface area contributed by atoms with Crippen molar-refractivity contribution < 1.29 is 32.2 Å². The lowest BCUT2D eigenvalue weighted by Crippen LogP contribution is -2.66. The number of alkyl halides is 3. The predicted octanol–water partition coefficient (Wildman–Crippen LogP) is 4.76. The number of pyridine rings is 1. The minimum absolute atomic E-state index is 0.00587. The van der Waals surface area contributed by atoms with Gasteiger partial charge in [-0.1, -0.05) is 0 Å². The smallest absolute Gasteiger partial charge is 0.418 e. The molecule has 34 heavy (non-hydrogen) atoms. The number of carbonyl (C=O) groups excluding carboxylic acids is 2. The van der Waals surface area contributed by atoms with Crippen LogP contribution in [0.5, 0.6) is 5.88 Å². The van der Waals surface area contributed by atoms with Gasteiger partial charge in [0.2, 0.25) is 5.88 Å². The van der Waals surface area contributed by atoms with Crippen molar-refractivity contribution in [2.24, 2.45) is 11.3 Å². The zero-order chi connectivity index (χ0) is 24.4. The average molecular weight is 498 g/mol. The molecule has 0 unspecified atom stereocenters. The molecule has 2 aromatic heterocycles. The number of hydrogen-bond acceptors (Lipinski definition) is 6. The molecule has 0 radical (unpaired) electrons. The third kappa shape index (κ3) is 3.97. The Hall–Kier alpha value is -2.56. The maximum atomic E-state index is 13.9. The molecule has 5 rings (SSSR count). The highest BCUT2D eigenvalue weighted by Crippen LogP contribution is 2.51. The number of thiophene rings is 1. The van der Waals surface area contributed by atoms with Gasteiger partial charge < -0.3 is 19.7 Å². The van der Waals surface area contributed by atoms with Gasteiger partial charge in [0.25, 0.3) is 5.91 Å². The summed E-state index contributed by atoms with van der Waals surface area (Å²) in [6.07, 6.45) is -1.82. The average Bonchev–Trinajstić information content (AvgIpc) is 3.48. The molecule has 2 amide bonds. The molecule has 0 bridgehead atoms. The fourth-order valence-electron chi connectivity index (χ4n) is 5.05. The number of nitrogens with zero attached hydrogens (tertiary/aromatic N) is 2. The second kappa shape index (κ2) is 8.00. The van der Waals surface area contributed by atoms with Crippen LogP contribution in [-0.4, -0.2) is 54.2 Å². The van der Waals surface area contributed by atoms with Crippen molar-refractivity contribution in [1.29, 1.82) is 0 Å². The van der Waals surface area contributed by atoms with E-state index < -0.39 is 17.6 Å². The van der Waals surface area contributed by atoms with Crippen LogP contribution in [0.4, 0.5) is 18.0 Å². The molecule has 1 spiro atoms. The first-order chi connectivity index (χ1) is 16.0. The Labute approximate surface area is 198 Å². The molecule has 2 saturated carbocycles. The first-order valence-corrected chi connectivity index (χ1v) is 12.2. The molecule has 2 aromatic rings. The second-order valence-corrected chi connectivity index (χ2v) is 10.6. The number of amides is 2. The van der Waals surface area contributed by atoms with Crippen LogP contribution in [0.2, 0.25) is 0 Å². The molecule has 184 valence electrons. The van der Waals surface area contributed by atoms with Crippen molar-refractivity contribution in [3.63, 3.8) is 0 Å². The minimum Gasteiger partial charge on any atom is -0.474 e. The Morgan fingerprint density at radius 1 is 1.29 bits per heavy atom. The van der Waals surface area contributed by atoms with Crippen molar-refractivity contribution in [2.75, 3.05) is 20.1 Å². The number of ether oxygens (including phenoxy) is 2. The first-order valence-electron chi connectivity index (χ1n) is 11.3. The van der Waals surface area contributed by atoms with E-state index in [2.05, 4.69) is 10.3 Å². The van der Waals surface area contributed by atoms with Crippen LogP contribution in [0.15, 0.2) is 5.38 Å². The van der Waals surface area contributed by atoms with E-state index in [4.69, 9.17) is 9.47 Å². The molecule has 7 nitrogen and oxygen atoms in total. The van der Waals surface area contributed by atoms with E-state index in [1.54, 1.807) is 4.90 Å². The van der Waals surface area contributed by atoms with Gasteiger partial charge in [-0.25, -0.2) is 9.78 Å². The molecule has 1 atom stereocenters. The number of nitrogens with one attached hydrogen (secondary N) is 1. The van der Waals surface area contributed by atoms with E-state index in [0.29, 0.717) is 31.8 Å². The zero-order valence-electron chi connectivity index (χ0n) is 19.1. The van der Waals surface area contributed by atoms with E-state index in [-0.39, 0.29) is 50.9 Å². The number of aromatic nitrogens is 1. The van der Waals surface area contributed by atoms with E-state index in [1.807, 2.05) is 6.92 Å². The highest BCUT2D eigenvalue weighted by atomic mass is 32.1. The number of halogens is 3. The van der Waals surface area contributed by atoms with E-state index in [0.717, 1.165) is 24.2 Å². The maximum absolute atomic E-state index is 13.9. The first kappa shape index (κ1) is 23.2. The van der Waals surface area contributed by atoms with Crippen molar-refractivity contribution in [2.45, 2.75) is 57.9 Å². The zero-order valence-corrected chi connectivity index (χ0v) is 19.9. The van der Waals surface area contributed by atoms with E-state index in [1.165, 1.54) is 19.4 Å². The van der Waals surface area contributed by atoms with Crippen LogP contribution in [0.25, 0.3) is 10.2 Å².